The fourth-order valence-corrected chi connectivity index (χ4v) is 6.13. The molecule has 2 aromatic rings. The minimum absolute atomic E-state index is 0.365. The first-order valence-electron chi connectivity index (χ1n) is 9.75. The summed E-state index contributed by atoms with van der Waals surface area (Å²) in [6.45, 7) is 9.21. The van der Waals surface area contributed by atoms with Gasteiger partial charge in [-0.2, -0.15) is 5.10 Å². The van der Waals surface area contributed by atoms with Gasteiger partial charge in [-0.1, -0.05) is 25.1 Å². The second kappa shape index (κ2) is 6.95. The van der Waals surface area contributed by atoms with E-state index in [0.717, 1.165) is 42.4 Å². The molecule has 0 N–H and O–H groups in total. The molecule has 1 aromatic heterocycles. The Morgan fingerprint density at radius 3 is 2.56 bits per heavy atom. The molecule has 7 heteroatoms. The molecule has 146 valence electrons. The molecule has 2 aliphatic heterocycles. The smallest absolute Gasteiger partial charge is 0.268 e. The van der Waals surface area contributed by atoms with Gasteiger partial charge >= 0.3 is 0 Å². The van der Waals surface area contributed by atoms with Crippen molar-refractivity contribution >= 4 is 15.7 Å². The lowest BCUT2D eigenvalue weighted by Gasteiger charge is -2.30. The topological polar surface area (TPSA) is 58.4 Å². The van der Waals surface area contributed by atoms with Gasteiger partial charge in [-0.15, -0.1) is 0 Å². The number of nitrogens with zero attached hydrogens (tertiary/aromatic N) is 4. The highest BCUT2D eigenvalue weighted by molar-refractivity contribution is 7.93. The highest BCUT2D eigenvalue weighted by Gasteiger charge is 2.35. The molecule has 0 amide bonds. The molecule has 0 radical (unpaired) electrons. The number of aryl methyl sites for hydroxylation is 1. The largest absolute Gasteiger partial charge is 0.284 e. The van der Waals surface area contributed by atoms with Crippen LogP contribution in [0.2, 0.25) is 0 Å². The molecule has 0 unspecified atom stereocenters. The third-order valence-corrected chi connectivity index (χ3v) is 7.98. The van der Waals surface area contributed by atoms with Crippen molar-refractivity contribution in [3.63, 3.8) is 0 Å². The second-order valence-corrected chi connectivity index (χ2v) is 9.70. The average molecular weight is 389 g/mol. The molecule has 0 saturated carbocycles. The van der Waals surface area contributed by atoms with E-state index in [4.69, 9.17) is 0 Å². The molecule has 0 bridgehead atoms. The van der Waals surface area contributed by atoms with Crippen LogP contribution in [0.1, 0.15) is 36.7 Å². The van der Waals surface area contributed by atoms with Gasteiger partial charge in [-0.05, 0) is 50.7 Å². The number of anilines is 1. The molecular weight excluding hydrogens is 360 g/mol. The molecule has 4 rings (SSSR count). The number of rotatable bonds is 4. The van der Waals surface area contributed by atoms with E-state index in [1.807, 2.05) is 35.9 Å². The number of para-hydroxylation sites is 1. The number of fused-ring (bicyclic) bond motifs is 1. The highest BCUT2D eigenvalue weighted by atomic mass is 32.2. The van der Waals surface area contributed by atoms with Crippen molar-refractivity contribution < 1.29 is 8.42 Å². The van der Waals surface area contributed by atoms with Crippen LogP contribution in [-0.2, 0) is 23.1 Å². The highest BCUT2D eigenvalue weighted by Crippen LogP contribution is 2.34. The Hall–Kier alpha value is -1.86. The van der Waals surface area contributed by atoms with Gasteiger partial charge < -0.3 is 0 Å². The predicted molar refractivity (Wildman–Crippen MR) is 106 cm³/mol. The number of benzene rings is 1. The summed E-state index contributed by atoms with van der Waals surface area (Å²) in [4.78, 5) is 2.73. The van der Waals surface area contributed by atoms with Gasteiger partial charge in [0.1, 0.15) is 4.90 Å². The molecule has 2 aliphatic rings. The predicted octanol–water partition coefficient (Wildman–Crippen LogP) is 2.94. The van der Waals surface area contributed by atoms with Crippen LogP contribution in [-0.4, -0.2) is 42.7 Å². The van der Waals surface area contributed by atoms with Crippen LogP contribution in [0.25, 0.3) is 0 Å². The zero-order valence-corrected chi connectivity index (χ0v) is 17.2. The summed E-state index contributed by atoms with van der Waals surface area (Å²) in [6, 6.07) is 7.76. The van der Waals surface area contributed by atoms with Crippen LogP contribution in [0.15, 0.2) is 29.2 Å². The van der Waals surface area contributed by atoms with E-state index in [1.54, 1.807) is 11.2 Å². The molecular formula is C20H28N4O2S. The normalized spacial score (nSPS) is 18.9. The quantitative estimate of drug-likeness (QED) is 0.808. The van der Waals surface area contributed by atoms with Crippen molar-refractivity contribution in [1.29, 1.82) is 0 Å². The van der Waals surface area contributed by atoms with Gasteiger partial charge in [0, 0.05) is 19.6 Å². The Bertz CT molecular complexity index is 943. The third-order valence-electron chi connectivity index (χ3n) is 5.92. The fraction of sp³-hybridized carbons (Fsp3) is 0.550. The Morgan fingerprint density at radius 1 is 1.11 bits per heavy atom. The maximum Gasteiger partial charge on any atom is 0.268 e. The summed E-state index contributed by atoms with van der Waals surface area (Å²) in [7, 11) is -3.61. The van der Waals surface area contributed by atoms with Crippen molar-refractivity contribution in [2.75, 3.05) is 23.9 Å². The van der Waals surface area contributed by atoms with Gasteiger partial charge in [-0.3, -0.25) is 13.9 Å². The summed E-state index contributed by atoms with van der Waals surface area (Å²) < 4.78 is 30.3. The summed E-state index contributed by atoms with van der Waals surface area (Å²) in [5.74, 6) is 0.771. The van der Waals surface area contributed by atoms with Crippen molar-refractivity contribution in [1.82, 2.24) is 14.7 Å². The lowest BCUT2D eigenvalue weighted by atomic mass is 10.00. The maximum absolute atomic E-state index is 13.4. The van der Waals surface area contributed by atoms with Gasteiger partial charge in [0.25, 0.3) is 10.0 Å². The van der Waals surface area contributed by atoms with Crippen LogP contribution < -0.4 is 4.31 Å². The Balaban J connectivity index is 1.63. The molecule has 1 saturated heterocycles. The maximum atomic E-state index is 13.4. The molecule has 0 atom stereocenters. The SMILES string of the molecule is Cc1nn(CN2CCC(C)CC2)c(C)c1S(=O)(=O)N1CCc2ccccc21. The zero-order valence-electron chi connectivity index (χ0n) is 16.4. The fourth-order valence-electron chi connectivity index (χ4n) is 4.25. The molecule has 0 aliphatic carbocycles. The van der Waals surface area contributed by atoms with Crippen molar-refractivity contribution in [2.45, 2.75) is 51.6 Å². The molecule has 1 fully saturated rings. The average Bonchev–Trinajstić information content (AvgIpc) is 3.19. The van der Waals surface area contributed by atoms with Gasteiger partial charge in [0.2, 0.25) is 0 Å². The molecule has 0 spiro atoms. The van der Waals surface area contributed by atoms with E-state index in [0.29, 0.717) is 23.8 Å². The first-order chi connectivity index (χ1) is 12.9. The van der Waals surface area contributed by atoms with E-state index < -0.39 is 10.0 Å². The molecule has 27 heavy (non-hydrogen) atoms. The van der Waals surface area contributed by atoms with Crippen molar-refractivity contribution in [3.05, 3.63) is 41.2 Å². The first kappa shape index (κ1) is 18.5. The van der Waals surface area contributed by atoms with Crippen molar-refractivity contribution in [2.24, 2.45) is 5.92 Å². The monoisotopic (exact) mass is 388 g/mol. The van der Waals surface area contributed by atoms with E-state index in [-0.39, 0.29) is 0 Å². The number of likely N-dealkylation sites (tertiary alicyclic amines) is 1. The Labute approximate surface area is 161 Å². The summed E-state index contributed by atoms with van der Waals surface area (Å²) in [5.41, 5.74) is 3.21. The van der Waals surface area contributed by atoms with Crippen LogP contribution in [0.3, 0.4) is 0 Å². The zero-order chi connectivity index (χ0) is 19.2. The van der Waals surface area contributed by atoms with E-state index in [2.05, 4.69) is 16.9 Å². The minimum atomic E-state index is -3.61. The number of piperidine rings is 1. The first-order valence-corrected chi connectivity index (χ1v) is 11.2. The minimum Gasteiger partial charge on any atom is -0.284 e. The molecule has 3 heterocycles. The number of sulfonamides is 1. The van der Waals surface area contributed by atoms with E-state index in [1.165, 1.54) is 12.8 Å². The van der Waals surface area contributed by atoms with E-state index in [9.17, 15) is 8.42 Å². The summed E-state index contributed by atoms with van der Waals surface area (Å²) >= 11 is 0. The Morgan fingerprint density at radius 2 is 1.81 bits per heavy atom. The van der Waals surface area contributed by atoms with Crippen LogP contribution >= 0.6 is 0 Å². The summed E-state index contributed by atoms with van der Waals surface area (Å²) in [5, 5.41) is 4.59. The number of hydrogen-bond donors (Lipinski definition) is 0. The van der Waals surface area contributed by atoms with Gasteiger partial charge in [0.15, 0.2) is 0 Å². The van der Waals surface area contributed by atoms with Gasteiger partial charge in [0.05, 0.1) is 23.7 Å². The number of hydrogen-bond acceptors (Lipinski definition) is 4. The molecule has 1 aromatic carbocycles. The lowest BCUT2D eigenvalue weighted by Crippen LogP contribution is -2.35. The van der Waals surface area contributed by atoms with Gasteiger partial charge in [-0.25, -0.2) is 8.42 Å². The Kier molecular flexibility index (Phi) is 4.76. The second-order valence-electron chi connectivity index (χ2n) is 7.90. The summed E-state index contributed by atoms with van der Waals surface area (Å²) in [6.07, 6.45) is 3.14. The number of aromatic nitrogens is 2. The third kappa shape index (κ3) is 3.27. The van der Waals surface area contributed by atoms with Crippen LogP contribution in [0.5, 0.6) is 0 Å². The standard InChI is InChI=1S/C20H28N4O2S/c1-15-8-11-22(12-9-15)14-23-17(3)20(16(2)21-23)27(25,26)24-13-10-18-6-4-5-7-19(18)24/h4-7,15H,8-14H2,1-3H3. The van der Waals surface area contributed by atoms with Crippen LogP contribution in [0, 0.1) is 19.8 Å². The lowest BCUT2D eigenvalue weighted by molar-refractivity contribution is 0.145. The van der Waals surface area contributed by atoms with E-state index >= 15 is 0 Å². The van der Waals surface area contributed by atoms with Crippen LogP contribution in [0.4, 0.5) is 5.69 Å². The van der Waals surface area contributed by atoms with Crippen molar-refractivity contribution in [3.8, 4) is 0 Å². The molecule has 6 nitrogen and oxygen atoms in total.